The van der Waals surface area contributed by atoms with E-state index in [0.29, 0.717) is 5.92 Å². The van der Waals surface area contributed by atoms with Crippen LogP contribution in [0.4, 0.5) is 0 Å². The molecule has 2 N–H and O–H groups in total. The molecule has 2 aliphatic rings. The van der Waals surface area contributed by atoms with Crippen LogP contribution in [-0.4, -0.2) is 57.2 Å². The first kappa shape index (κ1) is 23.1. The minimum atomic E-state index is 0.178. The Morgan fingerprint density at radius 1 is 1.10 bits per heavy atom. The van der Waals surface area contributed by atoms with E-state index in [1.54, 1.807) is 0 Å². The molecule has 2 aliphatic heterocycles. The van der Waals surface area contributed by atoms with E-state index in [1.165, 1.54) is 62.9 Å². The molecule has 2 saturated heterocycles. The number of rotatable bonds is 8. The molecule has 5 nitrogen and oxygen atoms in total. The molecule has 0 aromatic heterocycles. The van der Waals surface area contributed by atoms with Crippen LogP contribution in [0.5, 0.6) is 0 Å². The summed E-state index contributed by atoms with van der Waals surface area (Å²) in [5.74, 6) is 2.30. The number of unbranched alkanes of at least 4 members (excludes halogenated alkanes) is 1. The van der Waals surface area contributed by atoms with Gasteiger partial charge in [0.25, 0.3) is 0 Å². The Labute approximate surface area is 183 Å². The predicted octanol–water partition coefficient (Wildman–Crippen LogP) is 4.14. The molecule has 0 radical (unpaired) electrons. The summed E-state index contributed by atoms with van der Waals surface area (Å²) in [5, 5.41) is 7.04. The SMILES string of the molecule is CN=C(NCCCCN1CCC(C)CC1)NCC1CCCOC1c1ccc(C)cc1. The van der Waals surface area contributed by atoms with E-state index in [2.05, 4.69) is 58.6 Å². The number of piperidine rings is 1. The second kappa shape index (κ2) is 12.3. The minimum Gasteiger partial charge on any atom is -0.373 e. The summed E-state index contributed by atoms with van der Waals surface area (Å²) in [6.45, 7) is 11.0. The van der Waals surface area contributed by atoms with E-state index in [-0.39, 0.29) is 6.10 Å². The number of ether oxygens (including phenoxy) is 1. The minimum absolute atomic E-state index is 0.178. The summed E-state index contributed by atoms with van der Waals surface area (Å²) in [4.78, 5) is 7.05. The fourth-order valence-electron chi connectivity index (χ4n) is 4.58. The van der Waals surface area contributed by atoms with E-state index in [9.17, 15) is 0 Å². The van der Waals surface area contributed by atoms with Crippen LogP contribution >= 0.6 is 0 Å². The van der Waals surface area contributed by atoms with Gasteiger partial charge in [0.1, 0.15) is 0 Å². The van der Waals surface area contributed by atoms with Crippen LogP contribution in [0.15, 0.2) is 29.3 Å². The van der Waals surface area contributed by atoms with Crippen LogP contribution < -0.4 is 10.6 Å². The van der Waals surface area contributed by atoms with Crippen molar-refractivity contribution in [3.8, 4) is 0 Å². The third kappa shape index (κ3) is 7.28. The maximum Gasteiger partial charge on any atom is 0.190 e. The van der Waals surface area contributed by atoms with Gasteiger partial charge in [-0.2, -0.15) is 0 Å². The lowest BCUT2D eigenvalue weighted by Crippen LogP contribution is -2.42. The number of nitrogens with one attached hydrogen (secondary N) is 2. The van der Waals surface area contributed by atoms with Gasteiger partial charge in [-0.25, -0.2) is 0 Å². The largest absolute Gasteiger partial charge is 0.373 e. The number of guanidine groups is 1. The lowest BCUT2D eigenvalue weighted by atomic mass is 9.89. The Morgan fingerprint density at radius 2 is 1.87 bits per heavy atom. The van der Waals surface area contributed by atoms with Crippen molar-refractivity contribution in [2.45, 2.75) is 58.5 Å². The summed E-state index contributed by atoms with van der Waals surface area (Å²) in [6.07, 6.45) is 7.67. The summed E-state index contributed by atoms with van der Waals surface area (Å²) in [5.41, 5.74) is 2.59. The topological polar surface area (TPSA) is 48.9 Å². The van der Waals surface area contributed by atoms with Crippen LogP contribution in [0, 0.1) is 18.8 Å². The van der Waals surface area contributed by atoms with Crippen molar-refractivity contribution < 1.29 is 4.74 Å². The number of aliphatic imine (C=N–C) groups is 1. The molecule has 1 aromatic carbocycles. The molecular weight excluding hydrogens is 372 g/mol. The van der Waals surface area contributed by atoms with Crippen molar-refractivity contribution in [1.29, 1.82) is 0 Å². The lowest BCUT2D eigenvalue weighted by molar-refractivity contribution is -0.0265. The van der Waals surface area contributed by atoms with Crippen molar-refractivity contribution in [2.75, 3.05) is 46.4 Å². The van der Waals surface area contributed by atoms with Crippen molar-refractivity contribution in [2.24, 2.45) is 16.8 Å². The second-order valence-electron chi connectivity index (χ2n) is 9.22. The van der Waals surface area contributed by atoms with E-state index >= 15 is 0 Å². The molecule has 2 heterocycles. The molecule has 0 bridgehead atoms. The van der Waals surface area contributed by atoms with E-state index < -0.39 is 0 Å². The molecule has 2 unspecified atom stereocenters. The van der Waals surface area contributed by atoms with Gasteiger partial charge in [-0.15, -0.1) is 0 Å². The quantitative estimate of drug-likeness (QED) is 0.381. The van der Waals surface area contributed by atoms with Crippen LogP contribution in [0.1, 0.15) is 62.7 Å². The molecule has 0 aliphatic carbocycles. The van der Waals surface area contributed by atoms with E-state index in [1.807, 2.05) is 7.05 Å². The van der Waals surface area contributed by atoms with Gasteiger partial charge in [0.2, 0.25) is 0 Å². The van der Waals surface area contributed by atoms with Gasteiger partial charge < -0.3 is 20.3 Å². The molecule has 0 saturated carbocycles. The zero-order valence-corrected chi connectivity index (χ0v) is 19.3. The van der Waals surface area contributed by atoms with Gasteiger partial charge in [-0.1, -0.05) is 36.8 Å². The zero-order chi connectivity index (χ0) is 21.2. The Bertz CT molecular complexity index is 637. The van der Waals surface area contributed by atoms with Gasteiger partial charge in [0, 0.05) is 32.7 Å². The normalized spacial score (nSPS) is 24.0. The third-order valence-electron chi connectivity index (χ3n) is 6.68. The average Bonchev–Trinajstić information content (AvgIpc) is 2.78. The molecule has 0 spiro atoms. The molecule has 3 rings (SSSR count). The summed E-state index contributed by atoms with van der Waals surface area (Å²) in [6, 6.07) is 8.80. The number of hydrogen-bond acceptors (Lipinski definition) is 3. The van der Waals surface area contributed by atoms with Crippen molar-refractivity contribution in [3.05, 3.63) is 35.4 Å². The van der Waals surface area contributed by atoms with Gasteiger partial charge in [-0.3, -0.25) is 4.99 Å². The maximum absolute atomic E-state index is 6.15. The Hall–Kier alpha value is -1.59. The first-order valence-corrected chi connectivity index (χ1v) is 12.0. The summed E-state index contributed by atoms with van der Waals surface area (Å²) in [7, 11) is 1.86. The fourth-order valence-corrected chi connectivity index (χ4v) is 4.58. The highest BCUT2D eigenvalue weighted by Crippen LogP contribution is 2.33. The average molecular weight is 415 g/mol. The van der Waals surface area contributed by atoms with Crippen LogP contribution in [0.3, 0.4) is 0 Å². The molecule has 2 fully saturated rings. The van der Waals surface area contributed by atoms with Crippen molar-refractivity contribution in [3.63, 3.8) is 0 Å². The highest BCUT2D eigenvalue weighted by molar-refractivity contribution is 5.79. The lowest BCUT2D eigenvalue weighted by Gasteiger charge is -2.32. The number of likely N-dealkylation sites (tertiary alicyclic amines) is 1. The second-order valence-corrected chi connectivity index (χ2v) is 9.22. The third-order valence-corrected chi connectivity index (χ3v) is 6.68. The highest BCUT2D eigenvalue weighted by Gasteiger charge is 2.27. The molecular formula is C25H42N4O. The molecule has 5 heteroatoms. The monoisotopic (exact) mass is 414 g/mol. The van der Waals surface area contributed by atoms with Crippen molar-refractivity contribution in [1.82, 2.24) is 15.5 Å². The van der Waals surface area contributed by atoms with Gasteiger partial charge >= 0.3 is 0 Å². The predicted molar refractivity (Wildman–Crippen MR) is 126 cm³/mol. The van der Waals surface area contributed by atoms with Gasteiger partial charge in [0.05, 0.1) is 6.10 Å². The molecule has 0 amide bonds. The Balaban J connectivity index is 1.36. The molecule has 2 atom stereocenters. The standard InChI is InChI=1S/C25H42N4O/c1-20-8-10-22(11-9-20)24-23(7-6-18-30-24)19-28-25(26-3)27-14-4-5-15-29-16-12-21(2)13-17-29/h8-11,21,23-24H,4-7,12-19H2,1-3H3,(H2,26,27,28). The number of hydrogen-bond donors (Lipinski definition) is 2. The van der Waals surface area contributed by atoms with Crippen LogP contribution in [-0.2, 0) is 4.74 Å². The summed E-state index contributed by atoms with van der Waals surface area (Å²) < 4.78 is 6.15. The Kier molecular flexibility index (Phi) is 9.47. The molecule has 1 aromatic rings. The molecule has 30 heavy (non-hydrogen) atoms. The van der Waals surface area contributed by atoms with Gasteiger partial charge in [0.15, 0.2) is 5.96 Å². The highest BCUT2D eigenvalue weighted by atomic mass is 16.5. The zero-order valence-electron chi connectivity index (χ0n) is 19.3. The molecule has 168 valence electrons. The number of nitrogens with zero attached hydrogens (tertiary/aromatic N) is 2. The summed E-state index contributed by atoms with van der Waals surface area (Å²) >= 11 is 0. The van der Waals surface area contributed by atoms with Gasteiger partial charge in [-0.05, 0) is 76.6 Å². The van der Waals surface area contributed by atoms with E-state index in [0.717, 1.165) is 38.0 Å². The number of aryl methyl sites for hydroxylation is 1. The van der Waals surface area contributed by atoms with Crippen LogP contribution in [0.2, 0.25) is 0 Å². The smallest absolute Gasteiger partial charge is 0.190 e. The number of benzene rings is 1. The van der Waals surface area contributed by atoms with Crippen molar-refractivity contribution >= 4 is 5.96 Å². The van der Waals surface area contributed by atoms with Crippen LogP contribution in [0.25, 0.3) is 0 Å². The first-order chi connectivity index (χ1) is 14.7. The van der Waals surface area contributed by atoms with E-state index in [4.69, 9.17) is 4.74 Å². The fraction of sp³-hybridized carbons (Fsp3) is 0.720. The first-order valence-electron chi connectivity index (χ1n) is 12.0. The maximum atomic E-state index is 6.15. The Morgan fingerprint density at radius 3 is 2.60 bits per heavy atom.